The number of hydrogen-bond donors (Lipinski definition) is 2. The van der Waals surface area contributed by atoms with E-state index >= 15 is 0 Å². The van der Waals surface area contributed by atoms with Crippen LogP contribution in [0, 0.1) is 5.82 Å². The van der Waals surface area contributed by atoms with E-state index in [-0.39, 0.29) is 22.6 Å². The summed E-state index contributed by atoms with van der Waals surface area (Å²) in [5.41, 5.74) is 5.47. The van der Waals surface area contributed by atoms with Gasteiger partial charge in [0.1, 0.15) is 5.82 Å². The van der Waals surface area contributed by atoms with E-state index in [0.29, 0.717) is 6.54 Å². The van der Waals surface area contributed by atoms with Crippen molar-refractivity contribution < 1.29 is 9.18 Å². The Morgan fingerprint density at radius 2 is 2.10 bits per heavy atom. The van der Waals surface area contributed by atoms with E-state index in [9.17, 15) is 9.18 Å². The summed E-state index contributed by atoms with van der Waals surface area (Å²) in [6.07, 6.45) is 0. The minimum atomic E-state index is -0.574. The fraction of sp³-hybridized carbons (Fsp3) is 0.267. The molecule has 0 radical (unpaired) electrons. The van der Waals surface area contributed by atoms with E-state index in [0.717, 1.165) is 0 Å². The summed E-state index contributed by atoms with van der Waals surface area (Å²) in [6, 6.07) is 8.25. The van der Waals surface area contributed by atoms with Crippen LogP contribution in [0.15, 0.2) is 35.7 Å². The third-order valence-corrected chi connectivity index (χ3v) is 4.41. The average Bonchev–Trinajstić information content (AvgIpc) is 2.94. The highest BCUT2D eigenvalue weighted by atomic mass is 32.1. The minimum absolute atomic E-state index is 0.112. The van der Waals surface area contributed by atoms with Gasteiger partial charge in [-0.25, -0.2) is 4.39 Å². The molecule has 2 aromatic rings. The van der Waals surface area contributed by atoms with Gasteiger partial charge in [-0.15, -0.1) is 11.3 Å². The molecule has 0 spiro atoms. The maximum absolute atomic E-state index is 13.3. The number of halogens is 1. The van der Waals surface area contributed by atoms with Crippen LogP contribution in [0.4, 0.5) is 10.1 Å². The van der Waals surface area contributed by atoms with Crippen molar-refractivity contribution >= 4 is 22.9 Å². The molecule has 3 N–H and O–H groups in total. The van der Waals surface area contributed by atoms with Crippen molar-refractivity contribution in [2.24, 2.45) is 0 Å². The summed E-state index contributed by atoms with van der Waals surface area (Å²) >= 11 is 1.65. The molecule has 0 saturated carbocycles. The van der Waals surface area contributed by atoms with Crippen molar-refractivity contribution in [2.45, 2.75) is 19.3 Å². The fourth-order valence-electron chi connectivity index (χ4n) is 1.88. The monoisotopic (exact) mass is 292 g/mol. The smallest absolute Gasteiger partial charge is 0.253 e. The van der Waals surface area contributed by atoms with Crippen molar-refractivity contribution in [3.63, 3.8) is 0 Å². The first kappa shape index (κ1) is 14.5. The number of nitrogen functional groups attached to an aromatic ring is 1. The lowest BCUT2D eigenvalue weighted by Crippen LogP contribution is -2.36. The van der Waals surface area contributed by atoms with Gasteiger partial charge in [0.15, 0.2) is 0 Å². The van der Waals surface area contributed by atoms with E-state index in [1.807, 2.05) is 31.4 Å². The summed E-state index contributed by atoms with van der Waals surface area (Å²) < 4.78 is 13.3. The predicted octanol–water partition coefficient (Wildman–Crippen LogP) is 3.18. The summed E-state index contributed by atoms with van der Waals surface area (Å²) in [7, 11) is 0. The molecule has 1 aromatic heterocycles. The first-order valence-corrected chi connectivity index (χ1v) is 7.16. The molecule has 0 bridgehead atoms. The van der Waals surface area contributed by atoms with Crippen LogP contribution in [0.5, 0.6) is 0 Å². The first-order valence-electron chi connectivity index (χ1n) is 6.28. The number of benzene rings is 1. The second-order valence-corrected chi connectivity index (χ2v) is 6.19. The van der Waals surface area contributed by atoms with Crippen LogP contribution in [0.25, 0.3) is 0 Å². The Morgan fingerprint density at radius 1 is 1.35 bits per heavy atom. The molecule has 106 valence electrons. The van der Waals surface area contributed by atoms with Crippen molar-refractivity contribution in [2.75, 3.05) is 12.3 Å². The van der Waals surface area contributed by atoms with E-state index < -0.39 is 5.82 Å². The molecule has 1 heterocycles. The van der Waals surface area contributed by atoms with Crippen LogP contribution in [-0.2, 0) is 5.41 Å². The van der Waals surface area contributed by atoms with Crippen LogP contribution < -0.4 is 11.1 Å². The summed E-state index contributed by atoms with van der Waals surface area (Å²) in [4.78, 5) is 13.3. The SMILES string of the molecule is CC(C)(CNC(=O)c1cccc(F)c1N)c1cccs1. The van der Waals surface area contributed by atoms with Gasteiger partial charge in [0.25, 0.3) is 5.91 Å². The van der Waals surface area contributed by atoms with Crippen molar-refractivity contribution in [1.29, 1.82) is 0 Å². The molecule has 20 heavy (non-hydrogen) atoms. The van der Waals surface area contributed by atoms with Gasteiger partial charge >= 0.3 is 0 Å². The Bertz CT molecular complexity index is 608. The third kappa shape index (κ3) is 2.99. The first-order chi connectivity index (χ1) is 9.42. The molecule has 0 atom stereocenters. The van der Waals surface area contributed by atoms with E-state index in [1.54, 1.807) is 11.3 Å². The van der Waals surface area contributed by atoms with Crippen LogP contribution in [0.1, 0.15) is 29.1 Å². The number of rotatable bonds is 4. The third-order valence-electron chi connectivity index (χ3n) is 3.18. The number of para-hydroxylation sites is 1. The molecule has 0 aliphatic heterocycles. The molecule has 0 aliphatic rings. The topological polar surface area (TPSA) is 55.1 Å². The molecule has 2 rings (SSSR count). The quantitative estimate of drug-likeness (QED) is 0.850. The normalized spacial score (nSPS) is 11.3. The van der Waals surface area contributed by atoms with Gasteiger partial charge in [-0.3, -0.25) is 4.79 Å². The molecule has 1 aromatic carbocycles. The second kappa shape index (κ2) is 5.63. The van der Waals surface area contributed by atoms with Gasteiger partial charge in [0.2, 0.25) is 0 Å². The zero-order chi connectivity index (χ0) is 14.8. The van der Waals surface area contributed by atoms with E-state index in [2.05, 4.69) is 5.32 Å². The Morgan fingerprint density at radius 3 is 2.75 bits per heavy atom. The maximum atomic E-state index is 13.3. The molecule has 3 nitrogen and oxygen atoms in total. The lowest BCUT2D eigenvalue weighted by atomic mass is 9.91. The Labute approximate surface area is 121 Å². The molecule has 0 fully saturated rings. The average molecular weight is 292 g/mol. The van der Waals surface area contributed by atoms with Crippen molar-refractivity contribution in [3.8, 4) is 0 Å². The lowest BCUT2D eigenvalue weighted by molar-refractivity contribution is 0.0946. The van der Waals surface area contributed by atoms with Crippen LogP contribution in [0.2, 0.25) is 0 Å². The summed E-state index contributed by atoms with van der Waals surface area (Å²) in [5, 5.41) is 4.82. The van der Waals surface area contributed by atoms with Gasteiger partial charge < -0.3 is 11.1 Å². The highest BCUT2D eigenvalue weighted by molar-refractivity contribution is 7.10. The number of nitrogens with two attached hydrogens (primary N) is 1. The van der Waals surface area contributed by atoms with Gasteiger partial charge in [-0.1, -0.05) is 26.0 Å². The highest BCUT2D eigenvalue weighted by Gasteiger charge is 2.23. The number of amides is 1. The lowest BCUT2D eigenvalue weighted by Gasteiger charge is -2.23. The van der Waals surface area contributed by atoms with Crippen LogP contribution >= 0.6 is 11.3 Å². The second-order valence-electron chi connectivity index (χ2n) is 5.24. The van der Waals surface area contributed by atoms with Crippen LogP contribution in [0.3, 0.4) is 0 Å². The molecular formula is C15H17FN2OS. The van der Waals surface area contributed by atoms with Gasteiger partial charge in [-0.05, 0) is 23.6 Å². The number of thiophene rings is 1. The van der Waals surface area contributed by atoms with Gasteiger partial charge in [0.05, 0.1) is 11.3 Å². The maximum Gasteiger partial charge on any atom is 0.253 e. The molecule has 1 amide bonds. The number of hydrogen-bond acceptors (Lipinski definition) is 3. The van der Waals surface area contributed by atoms with E-state index in [4.69, 9.17) is 5.73 Å². The summed E-state index contributed by atoms with van der Waals surface area (Å²) in [6.45, 7) is 4.56. The molecule has 0 saturated heterocycles. The van der Waals surface area contributed by atoms with Gasteiger partial charge in [0, 0.05) is 16.8 Å². The zero-order valence-electron chi connectivity index (χ0n) is 11.4. The van der Waals surface area contributed by atoms with Crippen LogP contribution in [-0.4, -0.2) is 12.5 Å². The highest BCUT2D eigenvalue weighted by Crippen LogP contribution is 2.26. The zero-order valence-corrected chi connectivity index (χ0v) is 12.3. The number of carbonyl (C=O) groups excluding carboxylic acids is 1. The van der Waals surface area contributed by atoms with Crippen molar-refractivity contribution in [3.05, 3.63) is 52.0 Å². The number of nitrogens with one attached hydrogen (secondary N) is 1. The molecule has 5 heteroatoms. The van der Waals surface area contributed by atoms with Gasteiger partial charge in [-0.2, -0.15) is 0 Å². The fourth-order valence-corrected chi connectivity index (χ4v) is 2.73. The Balaban J connectivity index is 2.08. The molecular weight excluding hydrogens is 275 g/mol. The molecule has 0 unspecified atom stereocenters. The number of anilines is 1. The Kier molecular flexibility index (Phi) is 4.09. The largest absolute Gasteiger partial charge is 0.396 e. The molecule has 0 aliphatic carbocycles. The summed E-state index contributed by atoms with van der Waals surface area (Å²) in [5.74, 6) is -0.929. The standard InChI is InChI=1S/C15H17FN2OS/c1-15(2,12-7-4-8-20-12)9-18-14(19)10-5-3-6-11(16)13(10)17/h3-8H,9,17H2,1-2H3,(H,18,19). The number of carbonyl (C=O) groups is 1. The predicted molar refractivity (Wildman–Crippen MR) is 80.5 cm³/mol. The minimum Gasteiger partial charge on any atom is -0.396 e. The van der Waals surface area contributed by atoms with Crippen molar-refractivity contribution in [1.82, 2.24) is 5.32 Å². The Hall–Kier alpha value is -1.88. The van der Waals surface area contributed by atoms with E-state index in [1.165, 1.54) is 23.1 Å².